The number of ether oxygens (including phenoxy) is 2. The first-order chi connectivity index (χ1) is 11.4. The van der Waals surface area contributed by atoms with Crippen LogP contribution in [0.2, 0.25) is 0 Å². The van der Waals surface area contributed by atoms with E-state index in [4.69, 9.17) is 14.0 Å². The van der Waals surface area contributed by atoms with Gasteiger partial charge in [0.1, 0.15) is 0 Å². The molecule has 2 aromatic rings. The third kappa shape index (κ3) is 4.88. The number of nitrogens with one attached hydrogen (secondary N) is 1. The Kier molecular flexibility index (Phi) is 6.07. The number of esters is 1. The highest BCUT2D eigenvalue weighted by molar-refractivity contribution is 7.89. The van der Waals surface area contributed by atoms with Crippen molar-refractivity contribution in [3.63, 3.8) is 0 Å². The Morgan fingerprint density at radius 3 is 2.58 bits per heavy atom. The summed E-state index contributed by atoms with van der Waals surface area (Å²) in [5.74, 6) is -0.150. The molecule has 8 nitrogen and oxygen atoms in total. The van der Waals surface area contributed by atoms with Crippen molar-refractivity contribution in [1.29, 1.82) is 0 Å². The maximum absolute atomic E-state index is 12.0. The molecule has 1 N–H and O–H groups in total. The van der Waals surface area contributed by atoms with Crippen LogP contribution in [0.5, 0.6) is 0 Å². The summed E-state index contributed by atoms with van der Waals surface area (Å²) < 4.78 is 41.2. The average Bonchev–Trinajstić information content (AvgIpc) is 2.98. The normalized spacial score (nSPS) is 11.4. The van der Waals surface area contributed by atoms with Gasteiger partial charge in [0.15, 0.2) is 12.4 Å². The summed E-state index contributed by atoms with van der Waals surface area (Å²) in [5, 5.41) is 3.69. The minimum atomic E-state index is -3.63. The van der Waals surface area contributed by atoms with E-state index in [0.717, 1.165) is 0 Å². The standard InChI is InChI=1S/C15H18N2O6S/c1-11-9-13(23-17-11)10-22-15(18)12-3-5-14(6-4-12)24(19,20)16-7-8-21-2/h3-6,9,16H,7-8,10H2,1-2H3. The number of rotatable bonds is 8. The van der Waals surface area contributed by atoms with Crippen LogP contribution in [0.25, 0.3) is 0 Å². The summed E-state index contributed by atoms with van der Waals surface area (Å²) in [7, 11) is -2.15. The molecule has 0 spiro atoms. The van der Waals surface area contributed by atoms with Crippen molar-refractivity contribution in [3.05, 3.63) is 47.3 Å². The Balaban J connectivity index is 1.96. The number of aromatic nitrogens is 1. The van der Waals surface area contributed by atoms with E-state index in [1.165, 1.54) is 31.4 Å². The first kappa shape index (κ1) is 18.1. The zero-order valence-corrected chi connectivity index (χ0v) is 14.1. The van der Waals surface area contributed by atoms with Gasteiger partial charge < -0.3 is 14.0 Å². The molecule has 0 radical (unpaired) electrons. The molecule has 0 aliphatic heterocycles. The van der Waals surface area contributed by atoms with Crippen molar-refractivity contribution in [3.8, 4) is 0 Å². The van der Waals surface area contributed by atoms with Crippen LogP contribution in [0.3, 0.4) is 0 Å². The minimum absolute atomic E-state index is 0.0434. The lowest BCUT2D eigenvalue weighted by Gasteiger charge is -2.07. The highest BCUT2D eigenvalue weighted by atomic mass is 32.2. The second-order valence-electron chi connectivity index (χ2n) is 4.93. The fourth-order valence-electron chi connectivity index (χ4n) is 1.84. The molecule has 0 amide bonds. The third-order valence-electron chi connectivity index (χ3n) is 3.02. The quantitative estimate of drug-likeness (QED) is 0.562. The van der Waals surface area contributed by atoms with Crippen LogP contribution in [-0.2, 0) is 26.1 Å². The number of sulfonamides is 1. The van der Waals surface area contributed by atoms with Crippen molar-refractivity contribution in [2.75, 3.05) is 20.3 Å². The van der Waals surface area contributed by atoms with Gasteiger partial charge in [0.05, 0.1) is 22.8 Å². The second kappa shape index (κ2) is 8.04. The van der Waals surface area contributed by atoms with Crippen LogP contribution in [-0.4, -0.2) is 39.8 Å². The summed E-state index contributed by atoms with van der Waals surface area (Å²) in [5.41, 5.74) is 0.929. The summed E-state index contributed by atoms with van der Waals surface area (Å²) in [6, 6.07) is 7.11. The van der Waals surface area contributed by atoms with E-state index < -0.39 is 16.0 Å². The van der Waals surface area contributed by atoms with Gasteiger partial charge >= 0.3 is 5.97 Å². The Morgan fingerprint density at radius 1 is 1.29 bits per heavy atom. The molecule has 0 aliphatic rings. The number of carbonyl (C=O) groups is 1. The average molecular weight is 354 g/mol. The Morgan fingerprint density at radius 2 is 2.00 bits per heavy atom. The zero-order chi connectivity index (χ0) is 17.6. The lowest BCUT2D eigenvalue weighted by molar-refractivity contribution is 0.0437. The van der Waals surface area contributed by atoms with E-state index in [1.807, 2.05) is 0 Å². The highest BCUT2D eigenvalue weighted by Crippen LogP contribution is 2.12. The molecule has 0 unspecified atom stereocenters. The molecule has 0 atom stereocenters. The summed E-state index contributed by atoms with van der Waals surface area (Å²) in [4.78, 5) is 12.0. The van der Waals surface area contributed by atoms with Crippen molar-refractivity contribution < 1.29 is 27.2 Å². The van der Waals surface area contributed by atoms with Crippen molar-refractivity contribution in [1.82, 2.24) is 9.88 Å². The molecule has 0 saturated carbocycles. The van der Waals surface area contributed by atoms with Crippen molar-refractivity contribution in [2.24, 2.45) is 0 Å². The summed E-state index contributed by atoms with van der Waals surface area (Å²) in [6.07, 6.45) is 0. The van der Waals surface area contributed by atoms with E-state index in [-0.39, 0.29) is 30.2 Å². The number of benzene rings is 1. The second-order valence-corrected chi connectivity index (χ2v) is 6.69. The van der Waals surface area contributed by atoms with Crippen molar-refractivity contribution >= 4 is 16.0 Å². The number of hydrogen-bond acceptors (Lipinski definition) is 7. The summed E-state index contributed by atoms with van der Waals surface area (Å²) >= 11 is 0. The molecule has 0 aliphatic carbocycles. The molecule has 130 valence electrons. The molecular weight excluding hydrogens is 336 g/mol. The number of aryl methyl sites for hydroxylation is 1. The molecule has 0 bridgehead atoms. The number of carbonyl (C=O) groups excluding carboxylic acids is 1. The maximum atomic E-state index is 12.0. The smallest absolute Gasteiger partial charge is 0.338 e. The Hall–Kier alpha value is -2.23. The van der Waals surface area contributed by atoms with Gasteiger partial charge in [-0.25, -0.2) is 17.9 Å². The van der Waals surface area contributed by atoms with Crippen LogP contribution in [0, 0.1) is 6.92 Å². The van der Waals surface area contributed by atoms with Gasteiger partial charge in [0.2, 0.25) is 10.0 Å². The molecule has 2 rings (SSSR count). The molecule has 0 saturated heterocycles. The lowest BCUT2D eigenvalue weighted by Crippen LogP contribution is -2.27. The van der Waals surface area contributed by atoms with Gasteiger partial charge in [-0.05, 0) is 31.2 Å². The monoisotopic (exact) mass is 354 g/mol. The van der Waals surface area contributed by atoms with Gasteiger partial charge in [-0.1, -0.05) is 5.16 Å². The predicted molar refractivity (Wildman–Crippen MR) is 83.9 cm³/mol. The predicted octanol–water partition coefficient (Wildman–Crippen LogP) is 1.26. The van der Waals surface area contributed by atoms with Crippen LogP contribution < -0.4 is 4.72 Å². The Labute approximate surface area is 139 Å². The first-order valence-electron chi connectivity index (χ1n) is 7.10. The van der Waals surface area contributed by atoms with Gasteiger partial charge in [0.25, 0.3) is 0 Å². The Bertz CT molecular complexity index is 783. The van der Waals surface area contributed by atoms with Crippen molar-refractivity contribution in [2.45, 2.75) is 18.4 Å². The topological polar surface area (TPSA) is 108 Å². The lowest BCUT2D eigenvalue weighted by atomic mass is 10.2. The fourth-order valence-corrected chi connectivity index (χ4v) is 2.85. The molecule has 0 fully saturated rings. The highest BCUT2D eigenvalue weighted by Gasteiger charge is 2.15. The van der Waals surface area contributed by atoms with Gasteiger partial charge in [-0.2, -0.15) is 0 Å². The molecule has 1 heterocycles. The zero-order valence-electron chi connectivity index (χ0n) is 13.3. The van der Waals surface area contributed by atoms with Gasteiger partial charge in [-0.3, -0.25) is 0 Å². The van der Waals surface area contributed by atoms with Crippen LogP contribution in [0.4, 0.5) is 0 Å². The number of hydrogen-bond donors (Lipinski definition) is 1. The maximum Gasteiger partial charge on any atom is 0.338 e. The van der Waals surface area contributed by atoms with Gasteiger partial charge in [0, 0.05) is 19.7 Å². The molecule has 24 heavy (non-hydrogen) atoms. The van der Waals surface area contributed by atoms with E-state index in [0.29, 0.717) is 11.5 Å². The van der Waals surface area contributed by atoms with Crippen LogP contribution >= 0.6 is 0 Å². The number of nitrogens with zero attached hydrogens (tertiary/aromatic N) is 1. The molecular formula is C15H18N2O6S. The van der Waals surface area contributed by atoms with Crippen LogP contribution in [0.1, 0.15) is 21.8 Å². The minimum Gasteiger partial charge on any atom is -0.454 e. The fraction of sp³-hybridized carbons (Fsp3) is 0.333. The SMILES string of the molecule is COCCNS(=O)(=O)c1ccc(C(=O)OCc2cc(C)no2)cc1. The largest absolute Gasteiger partial charge is 0.454 e. The number of methoxy groups -OCH3 is 1. The van der Waals surface area contributed by atoms with Gasteiger partial charge in [-0.15, -0.1) is 0 Å². The first-order valence-corrected chi connectivity index (χ1v) is 8.58. The molecule has 1 aromatic carbocycles. The molecule has 1 aromatic heterocycles. The van der Waals surface area contributed by atoms with E-state index in [9.17, 15) is 13.2 Å². The third-order valence-corrected chi connectivity index (χ3v) is 4.50. The van der Waals surface area contributed by atoms with Crippen LogP contribution in [0.15, 0.2) is 39.8 Å². The van der Waals surface area contributed by atoms with E-state index >= 15 is 0 Å². The van der Waals surface area contributed by atoms with E-state index in [1.54, 1.807) is 13.0 Å². The molecule has 9 heteroatoms. The van der Waals surface area contributed by atoms with E-state index in [2.05, 4.69) is 9.88 Å². The summed E-state index contributed by atoms with van der Waals surface area (Å²) in [6.45, 7) is 2.15.